The first-order valence-electron chi connectivity index (χ1n) is 10.5. The summed E-state index contributed by atoms with van der Waals surface area (Å²) < 4.78 is 37.7. The maximum atomic E-state index is 12.9. The molecule has 0 saturated heterocycles. The quantitative estimate of drug-likeness (QED) is 0.420. The average Bonchev–Trinajstić information content (AvgIpc) is 2.86. The Kier molecular flexibility index (Phi) is 8.56. The highest BCUT2D eigenvalue weighted by Gasteiger charge is 2.21. The molecular formula is C24H24ClN3O6S. The molecule has 9 nitrogen and oxygen atoms in total. The minimum atomic E-state index is -3.78. The van der Waals surface area contributed by atoms with Crippen LogP contribution in [0.5, 0.6) is 11.5 Å². The van der Waals surface area contributed by atoms with Gasteiger partial charge in [0.25, 0.3) is 21.8 Å². The van der Waals surface area contributed by atoms with Crippen LogP contribution in [0.25, 0.3) is 0 Å². The zero-order chi connectivity index (χ0) is 25.4. The Balaban J connectivity index is 1.53. The van der Waals surface area contributed by atoms with E-state index < -0.39 is 21.8 Å². The Hall–Kier alpha value is -3.76. The van der Waals surface area contributed by atoms with E-state index in [0.717, 1.165) is 4.31 Å². The van der Waals surface area contributed by atoms with Crippen LogP contribution in [-0.4, -0.2) is 40.5 Å². The van der Waals surface area contributed by atoms with Crippen molar-refractivity contribution in [2.24, 2.45) is 0 Å². The minimum Gasteiger partial charge on any atom is -0.494 e. The molecule has 0 aromatic heterocycles. The highest BCUT2D eigenvalue weighted by Crippen LogP contribution is 2.25. The van der Waals surface area contributed by atoms with E-state index in [1.807, 2.05) is 6.92 Å². The summed E-state index contributed by atoms with van der Waals surface area (Å²) >= 11 is 5.84. The third kappa shape index (κ3) is 6.87. The molecule has 3 rings (SSSR count). The average molecular weight is 518 g/mol. The van der Waals surface area contributed by atoms with Crippen molar-refractivity contribution in [2.45, 2.75) is 11.8 Å². The first kappa shape index (κ1) is 25.9. The number of sulfonamides is 1. The summed E-state index contributed by atoms with van der Waals surface area (Å²) in [4.78, 5) is 24.1. The van der Waals surface area contributed by atoms with Gasteiger partial charge in [0.15, 0.2) is 6.61 Å². The van der Waals surface area contributed by atoms with E-state index >= 15 is 0 Å². The lowest BCUT2D eigenvalue weighted by molar-refractivity contribution is -0.123. The molecule has 0 aliphatic heterocycles. The van der Waals surface area contributed by atoms with Crippen molar-refractivity contribution in [3.8, 4) is 11.5 Å². The van der Waals surface area contributed by atoms with Crippen LogP contribution in [0.1, 0.15) is 17.3 Å². The van der Waals surface area contributed by atoms with Crippen LogP contribution in [0.15, 0.2) is 77.7 Å². The Labute approximate surface area is 208 Å². The maximum Gasteiger partial charge on any atom is 0.276 e. The van der Waals surface area contributed by atoms with Gasteiger partial charge < -0.3 is 9.47 Å². The molecule has 0 atom stereocenters. The van der Waals surface area contributed by atoms with Gasteiger partial charge in [0.2, 0.25) is 0 Å². The van der Waals surface area contributed by atoms with E-state index in [1.54, 1.807) is 42.5 Å². The first-order valence-corrected chi connectivity index (χ1v) is 12.3. The number of nitrogens with zero attached hydrogens (tertiary/aromatic N) is 1. The minimum absolute atomic E-state index is 0.125. The lowest BCUT2D eigenvalue weighted by Crippen LogP contribution is -2.43. The first-order chi connectivity index (χ1) is 16.7. The summed E-state index contributed by atoms with van der Waals surface area (Å²) in [5.41, 5.74) is 5.21. The van der Waals surface area contributed by atoms with Gasteiger partial charge >= 0.3 is 0 Å². The fraction of sp³-hybridized carbons (Fsp3) is 0.167. The third-order valence-corrected chi connectivity index (χ3v) is 6.80. The van der Waals surface area contributed by atoms with Crippen LogP contribution < -0.4 is 24.6 Å². The van der Waals surface area contributed by atoms with Gasteiger partial charge in [0.05, 0.1) is 17.2 Å². The molecule has 0 aliphatic carbocycles. The number of hydrazine groups is 1. The zero-order valence-corrected chi connectivity index (χ0v) is 20.6. The predicted octanol–water partition coefficient (Wildman–Crippen LogP) is 3.40. The topological polar surface area (TPSA) is 114 Å². The fourth-order valence-corrected chi connectivity index (χ4v) is 4.32. The summed E-state index contributed by atoms with van der Waals surface area (Å²) in [6, 6.07) is 18.6. The lowest BCUT2D eigenvalue weighted by atomic mass is 10.2. The van der Waals surface area contributed by atoms with Crippen LogP contribution in [0.2, 0.25) is 5.02 Å². The molecule has 0 fully saturated rings. The van der Waals surface area contributed by atoms with Crippen LogP contribution in [-0.2, 0) is 14.8 Å². The fourth-order valence-electron chi connectivity index (χ4n) is 2.94. The highest BCUT2D eigenvalue weighted by atomic mass is 35.5. The van der Waals surface area contributed by atoms with Crippen molar-refractivity contribution in [1.82, 2.24) is 10.9 Å². The molecule has 2 N–H and O–H groups in total. The molecule has 2 amide bonds. The lowest BCUT2D eigenvalue weighted by Gasteiger charge is -2.20. The van der Waals surface area contributed by atoms with Gasteiger partial charge in [-0.1, -0.05) is 17.7 Å². The van der Waals surface area contributed by atoms with Crippen molar-refractivity contribution in [3.05, 3.63) is 83.4 Å². The van der Waals surface area contributed by atoms with Gasteiger partial charge in [-0.15, -0.1) is 0 Å². The number of hydrogen-bond donors (Lipinski definition) is 2. The van der Waals surface area contributed by atoms with Gasteiger partial charge in [-0.05, 0) is 73.7 Å². The molecule has 0 bridgehead atoms. The van der Waals surface area contributed by atoms with Crippen LogP contribution in [0, 0.1) is 0 Å². The molecule has 0 unspecified atom stereocenters. The van der Waals surface area contributed by atoms with Gasteiger partial charge in [-0.3, -0.25) is 24.7 Å². The summed E-state index contributed by atoms with van der Waals surface area (Å²) in [6.45, 7) is 1.97. The molecule has 0 radical (unpaired) electrons. The number of nitrogens with one attached hydrogen (secondary N) is 2. The smallest absolute Gasteiger partial charge is 0.276 e. The van der Waals surface area contributed by atoms with Gasteiger partial charge in [0.1, 0.15) is 11.5 Å². The Morgan fingerprint density at radius 1 is 0.914 bits per heavy atom. The molecule has 35 heavy (non-hydrogen) atoms. The Morgan fingerprint density at radius 3 is 2.17 bits per heavy atom. The standard InChI is InChI=1S/C24H24ClN3O6S/c1-3-33-20-11-13-22(14-12-20)35(31,32)28(2)19-7-9-21(10-8-19)34-16-23(29)26-27-24(30)17-5-4-6-18(25)15-17/h4-15H,3,16H2,1-2H3,(H,26,29)(H,27,30). The summed E-state index contributed by atoms with van der Waals surface area (Å²) in [5.74, 6) is -0.178. The Morgan fingerprint density at radius 2 is 1.54 bits per heavy atom. The van der Waals surface area contributed by atoms with Crippen molar-refractivity contribution in [2.75, 3.05) is 24.6 Å². The molecule has 3 aromatic carbocycles. The molecule has 0 spiro atoms. The summed E-state index contributed by atoms with van der Waals surface area (Å²) in [7, 11) is -2.34. The molecule has 184 valence electrons. The monoisotopic (exact) mass is 517 g/mol. The van der Waals surface area contributed by atoms with Crippen molar-refractivity contribution < 1.29 is 27.5 Å². The predicted molar refractivity (Wildman–Crippen MR) is 132 cm³/mol. The normalized spacial score (nSPS) is 10.8. The number of anilines is 1. The third-order valence-electron chi connectivity index (χ3n) is 4.77. The molecule has 3 aromatic rings. The van der Waals surface area contributed by atoms with Crippen molar-refractivity contribution in [3.63, 3.8) is 0 Å². The van der Waals surface area contributed by atoms with Gasteiger partial charge in [-0.25, -0.2) is 8.42 Å². The van der Waals surface area contributed by atoms with E-state index in [-0.39, 0.29) is 11.5 Å². The number of benzene rings is 3. The number of hydrogen-bond acceptors (Lipinski definition) is 6. The number of carbonyl (C=O) groups excluding carboxylic acids is 2. The van der Waals surface area contributed by atoms with E-state index in [0.29, 0.717) is 34.4 Å². The molecule has 0 aliphatic rings. The molecule has 0 saturated carbocycles. The van der Waals surface area contributed by atoms with Crippen molar-refractivity contribution >= 4 is 39.1 Å². The number of amides is 2. The van der Waals surface area contributed by atoms with Gasteiger partial charge in [-0.2, -0.15) is 0 Å². The second kappa shape index (κ2) is 11.6. The largest absolute Gasteiger partial charge is 0.494 e. The van der Waals surface area contributed by atoms with Crippen LogP contribution in [0.3, 0.4) is 0 Å². The maximum absolute atomic E-state index is 12.9. The molecule has 11 heteroatoms. The number of ether oxygens (including phenoxy) is 2. The second-order valence-electron chi connectivity index (χ2n) is 7.17. The van der Waals surface area contributed by atoms with Crippen LogP contribution in [0.4, 0.5) is 5.69 Å². The van der Waals surface area contributed by atoms with E-state index in [9.17, 15) is 18.0 Å². The van der Waals surface area contributed by atoms with E-state index in [1.165, 1.54) is 37.4 Å². The van der Waals surface area contributed by atoms with Gasteiger partial charge in [0, 0.05) is 17.6 Å². The number of carbonyl (C=O) groups is 2. The zero-order valence-electron chi connectivity index (χ0n) is 19.0. The van der Waals surface area contributed by atoms with E-state index in [2.05, 4.69) is 10.9 Å². The Bertz CT molecular complexity index is 1280. The summed E-state index contributed by atoms with van der Waals surface area (Å²) in [6.07, 6.45) is 0. The number of halogens is 1. The molecular weight excluding hydrogens is 494 g/mol. The SMILES string of the molecule is CCOc1ccc(S(=O)(=O)N(C)c2ccc(OCC(=O)NNC(=O)c3cccc(Cl)c3)cc2)cc1. The number of rotatable bonds is 9. The highest BCUT2D eigenvalue weighted by molar-refractivity contribution is 7.92. The van der Waals surface area contributed by atoms with E-state index in [4.69, 9.17) is 21.1 Å². The van der Waals surface area contributed by atoms with Crippen molar-refractivity contribution in [1.29, 1.82) is 0 Å². The second-order valence-corrected chi connectivity index (χ2v) is 9.58. The summed E-state index contributed by atoms with van der Waals surface area (Å²) in [5, 5.41) is 0.397. The molecule has 0 heterocycles. The van der Waals surface area contributed by atoms with Crippen LogP contribution >= 0.6 is 11.6 Å².